The average Bonchev–Trinajstić information content (AvgIpc) is 3.12. The highest BCUT2D eigenvalue weighted by atomic mass is 32.2. The molecular weight excluding hydrogens is 393 g/mol. The maximum absolute atomic E-state index is 14.4. The van der Waals surface area contributed by atoms with Crippen LogP contribution in [0.5, 0.6) is 0 Å². The lowest BCUT2D eigenvalue weighted by atomic mass is 10.1. The molecule has 4 rings (SSSR count). The largest absolute Gasteiger partial charge is 0.316 e. The van der Waals surface area contributed by atoms with Gasteiger partial charge in [0.15, 0.2) is 0 Å². The van der Waals surface area contributed by atoms with Crippen LogP contribution in [0, 0.1) is 5.82 Å². The number of benzene rings is 2. The van der Waals surface area contributed by atoms with Crippen LogP contribution in [0.3, 0.4) is 0 Å². The highest BCUT2D eigenvalue weighted by Crippen LogP contribution is 2.31. The lowest BCUT2D eigenvalue weighted by molar-refractivity contribution is -0.122. The molecule has 150 valence electrons. The number of carbonyl (C=O) groups excluding carboxylic acids is 1. The monoisotopic (exact) mass is 413 g/mol. The molecule has 0 bridgehead atoms. The maximum atomic E-state index is 14.4. The van der Waals surface area contributed by atoms with Gasteiger partial charge in [0.1, 0.15) is 5.82 Å². The molecule has 1 aliphatic heterocycles. The van der Waals surface area contributed by atoms with Crippen molar-refractivity contribution >= 4 is 21.6 Å². The number of aromatic nitrogens is 1. The van der Waals surface area contributed by atoms with Crippen molar-refractivity contribution < 1.29 is 17.6 Å². The van der Waals surface area contributed by atoms with E-state index in [0.29, 0.717) is 30.8 Å². The van der Waals surface area contributed by atoms with Gasteiger partial charge in [0.05, 0.1) is 10.6 Å². The van der Waals surface area contributed by atoms with Crippen molar-refractivity contribution in [1.29, 1.82) is 0 Å². The summed E-state index contributed by atoms with van der Waals surface area (Å²) in [5.74, 6) is -0.540. The Morgan fingerprint density at radius 3 is 2.55 bits per heavy atom. The Balaban J connectivity index is 1.84. The third kappa shape index (κ3) is 3.45. The van der Waals surface area contributed by atoms with Crippen molar-refractivity contribution in [3.8, 4) is 11.3 Å². The van der Waals surface area contributed by atoms with Gasteiger partial charge in [-0.2, -0.15) is 0 Å². The van der Waals surface area contributed by atoms with E-state index in [4.69, 9.17) is 0 Å². The minimum atomic E-state index is -4.01. The third-order valence-electron chi connectivity index (χ3n) is 4.91. The third-order valence-corrected chi connectivity index (χ3v) is 6.58. The number of carbonyl (C=O) groups is 1. The zero-order valence-corrected chi connectivity index (χ0v) is 16.6. The van der Waals surface area contributed by atoms with Gasteiger partial charge < -0.3 is 10.2 Å². The number of rotatable bonds is 6. The fraction of sp³-hybridized carbons (Fsp3) is 0.190. The Labute approximate surface area is 168 Å². The van der Waals surface area contributed by atoms with Crippen LogP contribution in [-0.2, 0) is 21.4 Å². The average molecular weight is 413 g/mol. The van der Waals surface area contributed by atoms with E-state index in [1.54, 1.807) is 48.3 Å². The van der Waals surface area contributed by atoms with Crippen molar-refractivity contribution in [2.24, 2.45) is 0 Å². The van der Waals surface area contributed by atoms with Gasteiger partial charge in [-0.3, -0.25) is 4.79 Å². The molecule has 29 heavy (non-hydrogen) atoms. The minimum absolute atomic E-state index is 0.0381. The predicted octanol–water partition coefficient (Wildman–Crippen LogP) is 2.99. The molecule has 0 atom stereocenters. The standard InChI is InChI=1S/C21H20FN3O3S/c1-23-13-15-11-20(18-7-2-3-8-19(18)22)25(14-15)29(27,28)17-6-4-5-16(12-17)24-10-9-21(24)26/h2-8,11-12,14,23H,9-10,13H2,1H3. The van der Waals surface area contributed by atoms with Crippen LogP contribution < -0.4 is 10.2 Å². The molecule has 1 fully saturated rings. The molecule has 0 radical (unpaired) electrons. The molecule has 0 aliphatic carbocycles. The lowest BCUT2D eigenvalue weighted by Gasteiger charge is -2.30. The van der Waals surface area contributed by atoms with E-state index >= 15 is 0 Å². The number of hydrogen-bond donors (Lipinski definition) is 1. The minimum Gasteiger partial charge on any atom is -0.316 e. The molecule has 2 aromatic carbocycles. The highest BCUT2D eigenvalue weighted by Gasteiger charge is 2.28. The Morgan fingerprint density at radius 1 is 1.10 bits per heavy atom. The molecule has 8 heteroatoms. The molecule has 1 aliphatic rings. The second-order valence-corrected chi connectivity index (χ2v) is 8.65. The second kappa shape index (κ2) is 7.46. The molecule has 3 aromatic rings. The van der Waals surface area contributed by atoms with Crippen LogP contribution in [0.4, 0.5) is 10.1 Å². The van der Waals surface area contributed by atoms with Gasteiger partial charge in [-0.15, -0.1) is 0 Å². The van der Waals surface area contributed by atoms with Crippen LogP contribution in [0.2, 0.25) is 0 Å². The predicted molar refractivity (Wildman–Crippen MR) is 109 cm³/mol. The summed E-state index contributed by atoms with van der Waals surface area (Å²) < 4.78 is 42.4. The first-order valence-corrected chi connectivity index (χ1v) is 10.6. The summed E-state index contributed by atoms with van der Waals surface area (Å²) in [5.41, 5.74) is 1.70. The van der Waals surface area contributed by atoms with E-state index in [9.17, 15) is 17.6 Å². The number of hydrogen-bond acceptors (Lipinski definition) is 4. The fourth-order valence-corrected chi connectivity index (χ4v) is 4.81. The Kier molecular flexibility index (Phi) is 4.97. The number of anilines is 1. The van der Waals surface area contributed by atoms with Crippen molar-refractivity contribution in [3.63, 3.8) is 0 Å². The van der Waals surface area contributed by atoms with E-state index in [2.05, 4.69) is 5.32 Å². The summed E-state index contributed by atoms with van der Waals surface area (Å²) in [6, 6.07) is 14.0. The van der Waals surface area contributed by atoms with Crippen molar-refractivity contribution in [3.05, 3.63) is 72.2 Å². The summed E-state index contributed by atoms with van der Waals surface area (Å²) in [5, 5.41) is 2.98. The van der Waals surface area contributed by atoms with E-state index in [-0.39, 0.29) is 22.1 Å². The molecule has 6 nitrogen and oxygen atoms in total. The molecule has 1 N–H and O–H groups in total. The normalized spacial score (nSPS) is 14.1. The summed E-state index contributed by atoms with van der Waals surface area (Å²) in [7, 11) is -2.25. The van der Waals surface area contributed by atoms with Gasteiger partial charge in [-0.1, -0.05) is 18.2 Å². The first kappa shape index (κ1) is 19.4. The fourth-order valence-electron chi connectivity index (χ4n) is 3.38. The summed E-state index contributed by atoms with van der Waals surface area (Å²) in [6.45, 7) is 1.00. The van der Waals surface area contributed by atoms with Crippen molar-refractivity contribution in [2.45, 2.75) is 17.9 Å². The van der Waals surface area contributed by atoms with E-state index in [1.165, 1.54) is 24.4 Å². The smallest absolute Gasteiger partial charge is 0.268 e. The number of amides is 1. The molecule has 2 heterocycles. The van der Waals surface area contributed by atoms with E-state index in [1.807, 2.05) is 0 Å². The first-order valence-electron chi connectivity index (χ1n) is 9.18. The molecule has 1 amide bonds. The highest BCUT2D eigenvalue weighted by molar-refractivity contribution is 7.90. The summed E-state index contributed by atoms with van der Waals surface area (Å²) in [4.78, 5) is 13.3. The number of halogens is 1. The molecule has 0 saturated carbocycles. The molecule has 0 spiro atoms. The quantitative estimate of drug-likeness (QED) is 0.631. The SMILES string of the molecule is CNCc1cc(-c2ccccc2F)n(S(=O)(=O)c2cccc(N3CCC3=O)c2)c1. The summed E-state index contributed by atoms with van der Waals surface area (Å²) >= 11 is 0. The van der Waals surface area contributed by atoms with Gasteiger partial charge in [0, 0.05) is 37.0 Å². The first-order chi connectivity index (χ1) is 13.9. The number of nitrogens with zero attached hydrogens (tertiary/aromatic N) is 2. The van der Waals surface area contributed by atoms with Gasteiger partial charge >= 0.3 is 0 Å². The molecule has 0 unspecified atom stereocenters. The van der Waals surface area contributed by atoms with Gasteiger partial charge in [0.2, 0.25) is 5.91 Å². The Hall–Kier alpha value is -2.97. The van der Waals surface area contributed by atoms with E-state index < -0.39 is 15.8 Å². The van der Waals surface area contributed by atoms with Crippen LogP contribution in [0.25, 0.3) is 11.3 Å². The van der Waals surface area contributed by atoms with Crippen molar-refractivity contribution in [1.82, 2.24) is 9.29 Å². The maximum Gasteiger partial charge on any atom is 0.268 e. The van der Waals surface area contributed by atoms with E-state index in [0.717, 1.165) is 3.97 Å². The van der Waals surface area contributed by atoms with Crippen LogP contribution in [0.15, 0.2) is 65.7 Å². The zero-order valence-electron chi connectivity index (χ0n) is 15.8. The topological polar surface area (TPSA) is 71.4 Å². The van der Waals surface area contributed by atoms with Crippen molar-refractivity contribution in [2.75, 3.05) is 18.5 Å². The second-order valence-electron chi connectivity index (χ2n) is 6.84. The van der Waals surface area contributed by atoms with Gasteiger partial charge in [-0.05, 0) is 49.0 Å². The Bertz CT molecular complexity index is 1190. The van der Waals surface area contributed by atoms with Crippen LogP contribution >= 0.6 is 0 Å². The number of β-lactam (4-membered cyclic amide) rings is 1. The summed E-state index contributed by atoms with van der Waals surface area (Å²) in [6.07, 6.45) is 1.95. The lowest BCUT2D eigenvalue weighted by Crippen LogP contribution is -2.43. The van der Waals surface area contributed by atoms with Crippen LogP contribution in [-0.4, -0.2) is 31.9 Å². The molecule has 1 saturated heterocycles. The molecule has 1 aromatic heterocycles. The van der Waals surface area contributed by atoms with Crippen LogP contribution in [0.1, 0.15) is 12.0 Å². The number of nitrogens with one attached hydrogen (secondary N) is 1. The van der Waals surface area contributed by atoms with Gasteiger partial charge in [-0.25, -0.2) is 16.8 Å². The van der Waals surface area contributed by atoms with Gasteiger partial charge in [0.25, 0.3) is 10.0 Å². The Morgan fingerprint density at radius 2 is 1.90 bits per heavy atom. The zero-order chi connectivity index (χ0) is 20.6. The molecular formula is C21H20FN3O3S.